The quantitative estimate of drug-likeness (QED) is 0.618. The zero-order valence-corrected chi connectivity index (χ0v) is 12.0. The van der Waals surface area contributed by atoms with Crippen molar-refractivity contribution in [2.75, 3.05) is 19.8 Å². The molecule has 1 fully saturated rings. The maximum Gasteiger partial charge on any atom is 0.312 e. The van der Waals surface area contributed by atoms with E-state index in [1.807, 2.05) is 0 Å². The summed E-state index contributed by atoms with van der Waals surface area (Å²) in [6.45, 7) is 1.48. The molecule has 0 atom stereocenters. The number of phenolic OH excluding ortho intramolecular Hbond substituents is 1. The van der Waals surface area contributed by atoms with Crippen molar-refractivity contribution < 1.29 is 23.2 Å². The number of hydrogen-bond donors (Lipinski definition) is 2. The van der Waals surface area contributed by atoms with Crippen LogP contribution in [0, 0.1) is 16.0 Å². The summed E-state index contributed by atoms with van der Waals surface area (Å²) < 4.78 is 31.9. The molecular formula is C12H16N2O6S. The van der Waals surface area contributed by atoms with E-state index in [-0.39, 0.29) is 17.4 Å². The Morgan fingerprint density at radius 1 is 1.38 bits per heavy atom. The molecule has 1 aromatic carbocycles. The molecule has 0 amide bonds. The van der Waals surface area contributed by atoms with Crippen molar-refractivity contribution in [2.45, 2.75) is 17.7 Å². The maximum absolute atomic E-state index is 12.1. The molecule has 1 aliphatic rings. The summed E-state index contributed by atoms with van der Waals surface area (Å²) in [5, 5.41) is 20.1. The largest absolute Gasteiger partial charge is 0.502 e. The Bertz CT molecular complexity index is 625. The van der Waals surface area contributed by atoms with Crippen molar-refractivity contribution in [1.29, 1.82) is 0 Å². The average Bonchev–Trinajstić information content (AvgIpc) is 2.46. The van der Waals surface area contributed by atoms with Crippen molar-refractivity contribution in [3.63, 3.8) is 0 Å². The monoisotopic (exact) mass is 316 g/mol. The van der Waals surface area contributed by atoms with E-state index >= 15 is 0 Å². The first kappa shape index (κ1) is 15.7. The van der Waals surface area contributed by atoms with E-state index in [0.717, 1.165) is 31.0 Å². The van der Waals surface area contributed by atoms with Gasteiger partial charge in [0.15, 0.2) is 5.75 Å². The molecule has 0 spiro atoms. The van der Waals surface area contributed by atoms with Crippen LogP contribution in [0.3, 0.4) is 0 Å². The molecule has 21 heavy (non-hydrogen) atoms. The van der Waals surface area contributed by atoms with E-state index in [9.17, 15) is 23.6 Å². The Balaban J connectivity index is 2.11. The number of nitrogens with zero attached hydrogens (tertiary/aromatic N) is 1. The number of nitro groups is 1. The lowest BCUT2D eigenvalue weighted by Gasteiger charge is -2.22. The molecule has 1 aliphatic heterocycles. The summed E-state index contributed by atoms with van der Waals surface area (Å²) in [6.07, 6.45) is 1.55. The lowest BCUT2D eigenvalue weighted by atomic mass is 10.0. The molecule has 0 unspecified atom stereocenters. The van der Waals surface area contributed by atoms with E-state index in [0.29, 0.717) is 13.2 Å². The number of ether oxygens (including phenoxy) is 1. The molecule has 0 saturated carbocycles. The van der Waals surface area contributed by atoms with Crippen molar-refractivity contribution in [1.82, 2.24) is 4.72 Å². The van der Waals surface area contributed by atoms with E-state index < -0.39 is 26.4 Å². The minimum atomic E-state index is -3.84. The predicted octanol–water partition coefficient (Wildman–Crippen LogP) is 1.01. The van der Waals surface area contributed by atoms with Crippen molar-refractivity contribution >= 4 is 15.7 Å². The van der Waals surface area contributed by atoms with Gasteiger partial charge in [0.1, 0.15) is 0 Å². The highest BCUT2D eigenvalue weighted by molar-refractivity contribution is 7.89. The molecule has 2 rings (SSSR count). The Labute approximate surface area is 121 Å². The molecule has 1 saturated heterocycles. The fourth-order valence-corrected chi connectivity index (χ4v) is 3.21. The van der Waals surface area contributed by atoms with Crippen LogP contribution in [0.1, 0.15) is 12.8 Å². The standard InChI is InChI=1S/C12H16N2O6S/c15-12-2-1-10(7-11(12)14(16)17)21(18,19)13-8-9-3-5-20-6-4-9/h1-2,7,9,13,15H,3-6,8H2. The second-order valence-corrected chi connectivity index (χ2v) is 6.58. The summed E-state index contributed by atoms with van der Waals surface area (Å²) in [5.41, 5.74) is -0.635. The van der Waals surface area contributed by atoms with Gasteiger partial charge in [0.2, 0.25) is 10.0 Å². The van der Waals surface area contributed by atoms with Crippen LogP contribution in [0.2, 0.25) is 0 Å². The van der Waals surface area contributed by atoms with Crippen molar-refractivity contribution in [3.05, 3.63) is 28.3 Å². The number of rotatable bonds is 5. The number of benzene rings is 1. The minimum absolute atomic E-state index is 0.195. The van der Waals surface area contributed by atoms with Gasteiger partial charge in [-0.3, -0.25) is 10.1 Å². The summed E-state index contributed by atoms with van der Waals surface area (Å²) >= 11 is 0. The number of phenols is 1. The van der Waals surface area contributed by atoms with Gasteiger partial charge < -0.3 is 9.84 Å². The number of nitro benzene ring substituents is 1. The highest BCUT2D eigenvalue weighted by Crippen LogP contribution is 2.28. The molecule has 1 heterocycles. The predicted molar refractivity (Wildman–Crippen MR) is 73.5 cm³/mol. The first-order chi connectivity index (χ1) is 9.90. The first-order valence-electron chi connectivity index (χ1n) is 6.45. The van der Waals surface area contributed by atoms with Gasteiger partial charge in [0, 0.05) is 25.8 Å². The van der Waals surface area contributed by atoms with Crippen LogP contribution >= 0.6 is 0 Å². The number of aromatic hydroxyl groups is 1. The van der Waals surface area contributed by atoms with Gasteiger partial charge in [-0.05, 0) is 30.9 Å². The molecule has 9 heteroatoms. The molecule has 0 aliphatic carbocycles. The molecule has 116 valence electrons. The fourth-order valence-electron chi connectivity index (χ4n) is 2.08. The zero-order valence-electron chi connectivity index (χ0n) is 11.2. The lowest BCUT2D eigenvalue weighted by Crippen LogP contribution is -2.32. The van der Waals surface area contributed by atoms with Gasteiger partial charge in [0.25, 0.3) is 0 Å². The molecule has 0 aromatic heterocycles. The molecular weight excluding hydrogens is 300 g/mol. The van der Waals surface area contributed by atoms with Gasteiger partial charge in [-0.25, -0.2) is 13.1 Å². The highest BCUT2D eigenvalue weighted by Gasteiger charge is 2.22. The van der Waals surface area contributed by atoms with Crippen LogP contribution in [0.25, 0.3) is 0 Å². The van der Waals surface area contributed by atoms with Crippen LogP contribution in [-0.4, -0.2) is 38.2 Å². The Kier molecular flexibility index (Phi) is 4.76. The van der Waals surface area contributed by atoms with Crippen molar-refractivity contribution in [3.8, 4) is 5.75 Å². The van der Waals surface area contributed by atoms with Gasteiger partial charge in [0.05, 0.1) is 9.82 Å². The van der Waals surface area contributed by atoms with Crippen LogP contribution < -0.4 is 4.72 Å². The van der Waals surface area contributed by atoms with Crippen LogP contribution in [0.5, 0.6) is 5.75 Å². The van der Waals surface area contributed by atoms with Crippen LogP contribution in [0.15, 0.2) is 23.1 Å². The Morgan fingerprint density at radius 2 is 2.05 bits per heavy atom. The molecule has 1 aromatic rings. The Hall–Kier alpha value is -1.71. The summed E-state index contributed by atoms with van der Waals surface area (Å²) in [4.78, 5) is 9.66. The third-order valence-electron chi connectivity index (χ3n) is 3.36. The molecule has 2 N–H and O–H groups in total. The average molecular weight is 316 g/mol. The summed E-state index contributed by atoms with van der Waals surface area (Å²) in [6, 6.07) is 2.98. The molecule has 8 nitrogen and oxygen atoms in total. The summed E-state index contributed by atoms with van der Waals surface area (Å²) in [5.74, 6) is -0.371. The zero-order chi connectivity index (χ0) is 15.5. The normalized spacial score (nSPS) is 16.8. The highest BCUT2D eigenvalue weighted by atomic mass is 32.2. The first-order valence-corrected chi connectivity index (χ1v) is 7.93. The van der Waals surface area contributed by atoms with E-state index in [4.69, 9.17) is 4.74 Å². The van der Waals surface area contributed by atoms with E-state index in [1.54, 1.807) is 0 Å². The van der Waals surface area contributed by atoms with Gasteiger partial charge >= 0.3 is 5.69 Å². The SMILES string of the molecule is O=[N+]([O-])c1cc(S(=O)(=O)NCC2CCOCC2)ccc1O. The minimum Gasteiger partial charge on any atom is -0.502 e. The second-order valence-electron chi connectivity index (χ2n) is 4.82. The maximum atomic E-state index is 12.1. The van der Waals surface area contributed by atoms with Gasteiger partial charge in [-0.1, -0.05) is 0 Å². The van der Waals surface area contributed by atoms with E-state index in [1.165, 1.54) is 0 Å². The van der Waals surface area contributed by atoms with Gasteiger partial charge in [-0.2, -0.15) is 0 Å². The number of sulfonamides is 1. The lowest BCUT2D eigenvalue weighted by molar-refractivity contribution is -0.386. The molecule has 0 radical (unpaired) electrons. The molecule has 0 bridgehead atoms. The van der Waals surface area contributed by atoms with Crippen LogP contribution in [0.4, 0.5) is 5.69 Å². The fraction of sp³-hybridized carbons (Fsp3) is 0.500. The second kappa shape index (κ2) is 6.37. The number of hydrogen-bond acceptors (Lipinski definition) is 6. The summed E-state index contributed by atoms with van der Waals surface area (Å²) in [7, 11) is -3.84. The third-order valence-corrected chi connectivity index (χ3v) is 4.78. The topological polar surface area (TPSA) is 119 Å². The third kappa shape index (κ3) is 3.90. The van der Waals surface area contributed by atoms with Crippen LogP contribution in [-0.2, 0) is 14.8 Å². The van der Waals surface area contributed by atoms with Crippen molar-refractivity contribution in [2.24, 2.45) is 5.92 Å². The smallest absolute Gasteiger partial charge is 0.312 e. The van der Waals surface area contributed by atoms with Gasteiger partial charge in [-0.15, -0.1) is 0 Å². The van der Waals surface area contributed by atoms with E-state index in [2.05, 4.69) is 4.72 Å². The number of nitrogens with one attached hydrogen (secondary N) is 1. The Morgan fingerprint density at radius 3 is 2.67 bits per heavy atom.